The summed E-state index contributed by atoms with van der Waals surface area (Å²) in [6.45, 7) is 1.99. The molecule has 0 saturated heterocycles. The minimum atomic E-state index is 0.888. The Morgan fingerprint density at radius 3 is 2.68 bits per heavy atom. The number of hydrogen-bond acceptors (Lipinski definition) is 2. The van der Waals surface area contributed by atoms with Gasteiger partial charge in [0.1, 0.15) is 0 Å². The summed E-state index contributed by atoms with van der Waals surface area (Å²) in [5, 5.41) is 3.47. The van der Waals surface area contributed by atoms with E-state index in [1.807, 2.05) is 11.3 Å². The minimum Gasteiger partial charge on any atom is -0.312 e. The van der Waals surface area contributed by atoms with Crippen molar-refractivity contribution >= 4 is 11.3 Å². The Morgan fingerprint density at radius 1 is 1.05 bits per heavy atom. The molecule has 1 aromatic carbocycles. The highest BCUT2D eigenvalue weighted by atomic mass is 32.1. The molecule has 19 heavy (non-hydrogen) atoms. The molecule has 1 aromatic heterocycles. The molecular weight excluding hydrogens is 250 g/mol. The van der Waals surface area contributed by atoms with Crippen molar-refractivity contribution in [3.63, 3.8) is 0 Å². The number of terminal acetylenes is 1. The van der Waals surface area contributed by atoms with Crippen LogP contribution < -0.4 is 5.32 Å². The predicted molar refractivity (Wildman–Crippen MR) is 84.1 cm³/mol. The van der Waals surface area contributed by atoms with Crippen molar-refractivity contribution in [2.24, 2.45) is 0 Å². The van der Waals surface area contributed by atoms with Crippen LogP contribution in [0, 0.1) is 12.3 Å². The van der Waals surface area contributed by atoms with Crippen molar-refractivity contribution in [3.05, 3.63) is 47.3 Å². The van der Waals surface area contributed by atoms with Gasteiger partial charge < -0.3 is 5.32 Å². The lowest BCUT2D eigenvalue weighted by Gasteiger charge is -2.01. The quantitative estimate of drug-likeness (QED) is 0.583. The van der Waals surface area contributed by atoms with E-state index in [2.05, 4.69) is 53.7 Å². The van der Waals surface area contributed by atoms with Crippen molar-refractivity contribution in [2.45, 2.75) is 25.8 Å². The summed E-state index contributed by atoms with van der Waals surface area (Å²) in [5.74, 6) is 2.67. The first kappa shape index (κ1) is 13.9. The third kappa shape index (κ3) is 4.55. The summed E-state index contributed by atoms with van der Waals surface area (Å²) in [4.78, 5) is 2.72. The number of benzene rings is 1. The predicted octanol–water partition coefficient (Wildman–Crippen LogP) is 4.31. The second kappa shape index (κ2) is 7.78. The SMILES string of the molecule is C#CCCCCNCc1ccc(-c2ccccc2)s1. The van der Waals surface area contributed by atoms with Crippen LogP contribution in [0.5, 0.6) is 0 Å². The largest absolute Gasteiger partial charge is 0.312 e. The molecular formula is C17H19NS. The highest BCUT2D eigenvalue weighted by Gasteiger charge is 2.01. The summed E-state index contributed by atoms with van der Waals surface area (Å²) in [6.07, 6.45) is 8.38. The lowest BCUT2D eigenvalue weighted by atomic mass is 10.2. The fourth-order valence-electron chi connectivity index (χ4n) is 1.92. The van der Waals surface area contributed by atoms with Crippen LogP contribution in [0.1, 0.15) is 24.1 Å². The van der Waals surface area contributed by atoms with E-state index in [0.717, 1.165) is 32.4 Å². The fraction of sp³-hybridized carbons (Fsp3) is 0.294. The zero-order valence-corrected chi connectivity index (χ0v) is 11.9. The van der Waals surface area contributed by atoms with Gasteiger partial charge in [0.25, 0.3) is 0 Å². The van der Waals surface area contributed by atoms with Gasteiger partial charge >= 0.3 is 0 Å². The summed E-state index contributed by atoms with van der Waals surface area (Å²) in [6, 6.07) is 14.9. The van der Waals surface area contributed by atoms with Gasteiger partial charge in [0.2, 0.25) is 0 Å². The molecule has 0 unspecified atom stereocenters. The number of thiophene rings is 1. The number of nitrogens with one attached hydrogen (secondary N) is 1. The van der Waals surface area contributed by atoms with Crippen LogP contribution in [-0.2, 0) is 6.54 Å². The van der Waals surface area contributed by atoms with Crippen molar-refractivity contribution < 1.29 is 0 Å². The van der Waals surface area contributed by atoms with Crippen LogP contribution in [0.25, 0.3) is 10.4 Å². The monoisotopic (exact) mass is 269 g/mol. The molecule has 0 radical (unpaired) electrons. The third-order valence-corrected chi connectivity index (χ3v) is 4.08. The Hall–Kier alpha value is -1.56. The van der Waals surface area contributed by atoms with Gasteiger partial charge in [-0.1, -0.05) is 30.3 Å². The van der Waals surface area contributed by atoms with E-state index >= 15 is 0 Å². The maximum Gasteiger partial charge on any atom is 0.0346 e. The molecule has 0 aliphatic rings. The lowest BCUT2D eigenvalue weighted by Crippen LogP contribution is -2.13. The Bertz CT molecular complexity index is 522. The van der Waals surface area contributed by atoms with E-state index in [1.54, 1.807) is 0 Å². The van der Waals surface area contributed by atoms with Crippen molar-refractivity contribution in [1.29, 1.82) is 0 Å². The Kier molecular flexibility index (Phi) is 5.68. The van der Waals surface area contributed by atoms with Gasteiger partial charge in [-0.3, -0.25) is 0 Å². The second-order valence-corrected chi connectivity index (χ2v) is 5.64. The smallest absolute Gasteiger partial charge is 0.0346 e. The van der Waals surface area contributed by atoms with E-state index in [-0.39, 0.29) is 0 Å². The van der Waals surface area contributed by atoms with Crippen LogP contribution in [0.4, 0.5) is 0 Å². The van der Waals surface area contributed by atoms with Crippen LogP contribution in [0.3, 0.4) is 0 Å². The third-order valence-electron chi connectivity index (χ3n) is 2.94. The maximum absolute atomic E-state index is 5.22. The summed E-state index contributed by atoms with van der Waals surface area (Å²) in [5.41, 5.74) is 1.30. The normalized spacial score (nSPS) is 10.3. The number of hydrogen-bond donors (Lipinski definition) is 1. The van der Waals surface area contributed by atoms with Gasteiger partial charge in [-0.25, -0.2) is 0 Å². The van der Waals surface area contributed by atoms with Crippen molar-refractivity contribution in [1.82, 2.24) is 5.32 Å². The molecule has 0 saturated carbocycles. The van der Waals surface area contributed by atoms with Crippen LogP contribution in [-0.4, -0.2) is 6.54 Å². The molecule has 0 spiro atoms. The first-order valence-corrected chi connectivity index (χ1v) is 7.50. The number of unbranched alkanes of at least 4 members (excludes halogenated alkanes) is 2. The highest BCUT2D eigenvalue weighted by Crippen LogP contribution is 2.27. The Labute approximate surface area is 119 Å². The molecule has 2 heteroatoms. The average Bonchev–Trinajstić information content (AvgIpc) is 2.92. The topological polar surface area (TPSA) is 12.0 Å². The molecule has 0 aliphatic carbocycles. The molecule has 0 atom stereocenters. The van der Waals surface area contributed by atoms with Gasteiger partial charge in [-0.15, -0.1) is 23.7 Å². The maximum atomic E-state index is 5.22. The van der Waals surface area contributed by atoms with E-state index in [1.165, 1.54) is 15.3 Å². The van der Waals surface area contributed by atoms with E-state index in [9.17, 15) is 0 Å². The molecule has 1 nitrogen and oxygen atoms in total. The molecule has 1 N–H and O–H groups in total. The Morgan fingerprint density at radius 2 is 1.89 bits per heavy atom. The molecule has 1 heterocycles. The zero-order chi connectivity index (χ0) is 13.3. The first-order valence-electron chi connectivity index (χ1n) is 6.68. The van der Waals surface area contributed by atoms with Crippen LogP contribution in [0.15, 0.2) is 42.5 Å². The molecule has 0 amide bonds. The molecule has 0 bridgehead atoms. The van der Waals surface area contributed by atoms with E-state index in [4.69, 9.17) is 6.42 Å². The highest BCUT2D eigenvalue weighted by molar-refractivity contribution is 7.15. The van der Waals surface area contributed by atoms with Gasteiger partial charge in [0, 0.05) is 22.7 Å². The fourth-order valence-corrected chi connectivity index (χ4v) is 2.90. The first-order chi connectivity index (χ1) is 9.40. The standard InChI is InChI=1S/C17H19NS/c1-2-3-4-8-13-18-14-16-11-12-17(19-16)15-9-6-5-7-10-15/h1,5-7,9-12,18H,3-4,8,13-14H2. The lowest BCUT2D eigenvalue weighted by molar-refractivity contribution is 0.634. The molecule has 2 aromatic rings. The molecule has 98 valence electrons. The van der Waals surface area contributed by atoms with Crippen molar-refractivity contribution in [3.8, 4) is 22.8 Å². The summed E-state index contributed by atoms with van der Waals surface area (Å²) < 4.78 is 0. The average molecular weight is 269 g/mol. The molecule has 2 rings (SSSR count). The summed E-state index contributed by atoms with van der Waals surface area (Å²) in [7, 11) is 0. The van der Waals surface area contributed by atoms with Crippen LogP contribution >= 0.6 is 11.3 Å². The second-order valence-electron chi connectivity index (χ2n) is 4.47. The minimum absolute atomic E-state index is 0.888. The zero-order valence-electron chi connectivity index (χ0n) is 11.1. The van der Waals surface area contributed by atoms with Gasteiger partial charge in [0.05, 0.1) is 0 Å². The van der Waals surface area contributed by atoms with E-state index in [0.29, 0.717) is 0 Å². The number of rotatable bonds is 7. The molecule has 0 aliphatic heterocycles. The van der Waals surface area contributed by atoms with Gasteiger partial charge in [0.15, 0.2) is 0 Å². The van der Waals surface area contributed by atoms with Crippen molar-refractivity contribution in [2.75, 3.05) is 6.54 Å². The molecule has 0 fully saturated rings. The van der Waals surface area contributed by atoms with Gasteiger partial charge in [-0.05, 0) is 37.1 Å². The van der Waals surface area contributed by atoms with Gasteiger partial charge in [-0.2, -0.15) is 0 Å². The van der Waals surface area contributed by atoms with Crippen LogP contribution in [0.2, 0.25) is 0 Å². The Balaban J connectivity index is 1.77. The summed E-state index contributed by atoms with van der Waals surface area (Å²) >= 11 is 1.86. The van der Waals surface area contributed by atoms with E-state index < -0.39 is 0 Å².